The van der Waals surface area contributed by atoms with Crippen LogP contribution in [0.25, 0.3) is 10.9 Å². The molecule has 1 amide bonds. The van der Waals surface area contributed by atoms with Crippen LogP contribution < -0.4 is 0 Å². The fourth-order valence-corrected chi connectivity index (χ4v) is 2.54. The Hall–Kier alpha value is -2.29. The van der Waals surface area contributed by atoms with Gasteiger partial charge in [-0.15, -0.1) is 10.2 Å². The molecule has 0 saturated heterocycles. The first-order chi connectivity index (χ1) is 10.2. The maximum Gasteiger partial charge on any atom is 0.295 e. The van der Waals surface area contributed by atoms with Crippen molar-refractivity contribution in [3.8, 4) is 5.88 Å². The van der Waals surface area contributed by atoms with Crippen molar-refractivity contribution in [2.75, 3.05) is 0 Å². The van der Waals surface area contributed by atoms with Crippen molar-refractivity contribution in [1.29, 1.82) is 0 Å². The van der Waals surface area contributed by atoms with Gasteiger partial charge in [0.1, 0.15) is 0 Å². The lowest BCUT2D eigenvalue weighted by Gasteiger charge is -1.94. The number of amides is 1. The van der Waals surface area contributed by atoms with Gasteiger partial charge in [0.15, 0.2) is 5.69 Å². The van der Waals surface area contributed by atoms with E-state index in [0.29, 0.717) is 10.9 Å². The number of halogens is 1. The molecule has 6 nitrogen and oxygen atoms in total. The maximum absolute atomic E-state index is 11.9. The number of aromatic hydroxyl groups is 1. The fourth-order valence-electron chi connectivity index (χ4n) is 1.90. The molecule has 7 heteroatoms. The third kappa shape index (κ3) is 2.64. The fraction of sp³-hybridized carbons (Fsp3) is 0. The van der Waals surface area contributed by atoms with E-state index in [1.165, 1.54) is 12.4 Å². The first-order valence-electron chi connectivity index (χ1n) is 6.02. The third-order valence-electron chi connectivity index (χ3n) is 2.90. The van der Waals surface area contributed by atoms with Crippen molar-refractivity contribution < 1.29 is 9.90 Å². The van der Waals surface area contributed by atoms with Crippen molar-refractivity contribution in [3.63, 3.8) is 0 Å². The monoisotopic (exact) mass is 392 g/mol. The van der Waals surface area contributed by atoms with Crippen LogP contribution in [0.1, 0.15) is 10.4 Å². The van der Waals surface area contributed by atoms with Crippen molar-refractivity contribution >= 4 is 45.1 Å². The first kappa shape index (κ1) is 13.7. The highest BCUT2D eigenvalue weighted by Gasteiger charge is 2.13. The second-order valence-corrected chi connectivity index (χ2v) is 5.39. The van der Waals surface area contributed by atoms with Gasteiger partial charge in [-0.05, 0) is 40.8 Å². The highest BCUT2D eigenvalue weighted by molar-refractivity contribution is 14.1. The van der Waals surface area contributed by atoms with E-state index in [-0.39, 0.29) is 11.6 Å². The maximum atomic E-state index is 11.9. The highest BCUT2D eigenvalue weighted by atomic mass is 127. The zero-order chi connectivity index (χ0) is 14.8. The van der Waals surface area contributed by atoms with E-state index < -0.39 is 5.91 Å². The molecule has 0 spiro atoms. The Balaban J connectivity index is 1.99. The Labute approximate surface area is 133 Å². The van der Waals surface area contributed by atoms with Crippen molar-refractivity contribution in [2.24, 2.45) is 10.2 Å². The minimum atomic E-state index is -0.489. The lowest BCUT2D eigenvalue weighted by molar-refractivity contribution is 0.0995. The Morgan fingerprint density at radius 2 is 2.00 bits per heavy atom. The number of fused-ring (bicyclic) bond motifs is 1. The molecule has 1 aromatic carbocycles. The first-order valence-corrected chi connectivity index (χ1v) is 7.10. The molecule has 0 unspecified atom stereocenters. The normalized spacial score (nSPS) is 11.3. The van der Waals surface area contributed by atoms with Crippen molar-refractivity contribution in [3.05, 3.63) is 51.9 Å². The number of H-pyrrole nitrogens is 1. The Bertz CT molecular complexity index is 843. The molecule has 0 saturated carbocycles. The number of pyridine rings is 1. The lowest BCUT2D eigenvalue weighted by Crippen LogP contribution is -1.92. The number of azo groups is 1. The molecule has 0 atom stereocenters. The van der Waals surface area contributed by atoms with Crippen LogP contribution in [0.3, 0.4) is 0 Å². The van der Waals surface area contributed by atoms with Gasteiger partial charge in [0.05, 0.1) is 5.52 Å². The Kier molecular flexibility index (Phi) is 3.65. The summed E-state index contributed by atoms with van der Waals surface area (Å²) < 4.78 is 0.947. The predicted molar refractivity (Wildman–Crippen MR) is 85.8 cm³/mol. The zero-order valence-corrected chi connectivity index (χ0v) is 12.8. The van der Waals surface area contributed by atoms with E-state index in [2.05, 4.69) is 42.8 Å². The number of nitrogens with zero attached hydrogens (tertiary/aromatic N) is 3. The molecule has 104 valence electrons. The Morgan fingerprint density at radius 1 is 1.24 bits per heavy atom. The summed E-state index contributed by atoms with van der Waals surface area (Å²) in [6.07, 6.45) is 3.02. The largest absolute Gasteiger partial charge is 0.493 e. The molecule has 21 heavy (non-hydrogen) atoms. The molecule has 3 rings (SSSR count). The average Bonchev–Trinajstić information content (AvgIpc) is 2.83. The number of hydrogen-bond acceptors (Lipinski definition) is 4. The van der Waals surface area contributed by atoms with E-state index in [4.69, 9.17) is 0 Å². The molecule has 0 fully saturated rings. The van der Waals surface area contributed by atoms with Gasteiger partial charge < -0.3 is 10.1 Å². The minimum Gasteiger partial charge on any atom is -0.493 e. The molecule has 0 bridgehead atoms. The second kappa shape index (κ2) is 5.60. The van der Waals surface area contributed by atoms with Gasteiger partial charge in [-0.2, -0.15) is 0 Å². The molecule has 0 aliphatic rings. The van der Waals surface area contributed by atoms with Crippen molar-refractivity contribution in [2.45, 2.75) is 0 Å². The molecule has 2 N–H and O–H groups in total. The Morgan fingerprint density at radius 3 is 2.76 bits per heavy atom. The molecule has 2 aromatic heterocycles. The van der Waals surface area contributed by atoms with Gasteiger partial charge in [0, 0.05) is 26.9 Å². The van der Waals surface area contributed by atoms with Gasteiger partial charge in [-0.25, -0.2) is 0 Å². The number of para-hydroxylation sites is 1. The number of carbonyl (C=O) groups excluding carboxylic acids is 1. The molecule has 0 aliphatic carbocycles. The summed E-state index contributed by atoms with van der Waals surface area (Å²) in [5.74, 6) is -0.600. The van der Waals surface area contributed by atoms with Crippen LogP contribution in [-0.4, -0.2) is 21.0 Å². The number of aromatic amines is 1. The molecule has 0 aliphatic heterocycles. The summed E-state index contributed by atoms with van der Waals surface area (Å²) in [7, 11) is 0. The summed E-state index contributed by atoms with van der Waals surface area (Å²) in [6, 6.07) is 8.67. The molecule has 0 radical (unpaired) electrons. The van der Waals surface area contributed by atoms with E-state index in [9.17, 15) is 9.90 Å². The number of nitrogens with one attached hydrogen (secondary N) is 1. The van der Waals surface area contributed by atoms with Crippen LogP contribution in [0.4, 0.5) is 5.69 Å². The molecule has 3 aromatic rings. The summed E-state index contributed by atoms with van der Waals surface area (Å²) >= 11 is 2.15. The van der Waals surface area contributed by atoms with Crippen LogP contribution in [0.15, 0.2) is 53.0 Å². The van der Waals surface area contributed by atoms with Crippen LogP contribution in [-0.2, 0) is 0 Å². The van der Waals surface area contributed by atoms with Crippen molar-refractivity contribution in [1.82, 2.24) is 9.97 Å². The quantitative estimate of drug-likeness (QED) is 0.514. The van der Waals surface area contributed by atoms with E-state index in [1.807, 2.05) is 12.1 Å². The smallest absolute Gasteiger partial charge is 0.295 e. The summed E-state index contributed by atoms with van der Waals surface area (Å²) in [6.45, 7) is 0. The van der Waals surface area contributed by atoms with Crippen LogP contribution >= 0.6 is 22.6 Å². The second-order valence-electron chi connectivity index (χ2n) is 4.23. The molecular weight excluding hydrogens is 383 g/mol. The number of carbonyl (C=O) groups is 1. The molecular formula is C14H9IN4O2. The van der Waals surface area contributed by atoms with Gasteiger partial charge in [-0.1, -0.05) is 12.1 Å². The van der Waals surface area contributed by atoms with Gasteiger partial charge in [0.2, 0.25) is 5.88 Å². The van der Waals surface area contributed by atoms with Gasteiger partial charge in [0.25, 0.3) is 5.91 Å². The van der Waals surface area contributed by atoms with Crippen LogP contribution in [0.5, 0.6) is 5.88 Å². The van der Waals surface area contributed by atoms with Gasteiger partial charge in [-0.3, -0.25) is 9.78 Å². The lowest BCUT2D eigenvalue weighted by atomic mass is 10.2. The SMILES string of the molecule is O=C(N=Nc1c(O)[nH]c2c(I)cccc12)c1ccncc1. The number of benzene rings is 1. The van der Waals surface area contributed by atoms with E-state index >= 15 is 0 Å². The average molecular weight is 392 g/mol. The summed E-state index contributed by atoms with van der Waals surface area (Å²) in [4.78, 5) is 18.5. The highest BCUT2D eigenvalue weighted by Crippen LogP contribution is 2.37. The zero-order valence-electron chi connectivity index (χ0n) is 10.6. The summed E-state index contributed by atoms with van der Waals surface area (Å²) in [5.41, 5.74) is 1.41. The van der Waals surface area contributed by atoms with E-state index in [1.54, 1.807) is 18.2 Å². The minimum absolute atomic E-state index is 0.111. The van der Waals surface area contributed by atoms with Crippen LogP contribution in [0.2, 0.25) is 0 Å². The topological polar surface area (TPSA) is 90.7 Å². The number of aromatic nitrogens is 2. The predicted octanol–water partition coefficient (Wildman–Crippen LogP) is 3.80. The van der Waals surface area contributed by atoms with Crippen LogP contribution in [0, 0.1) is 3.57 Å². The number of hydrogen-bond donors (Lipinski definition) is 2. The molecule has 2 heterocycles. The third-order valence-corrected chi connectivity index (χ3v) is 3.80. The van der Waals surface area contributed by atoms with Gasteiger partial charge >= 0.3 is 0 Å². The van der Waals surface area contributed by atoms with E-state index in [0.717, 1.165) is 9.09 Å². The standard InChI is InChI=1S/C14H9IN4O2/c15-10-3-1-2-9-11(10)17-14(21)12(9)18-19-13(20)8-4-6-16-7-5-8/h1-7,17,21H. The number of rotatable bonds is 2. The summed E-state index contributed by atoms with van der Waals surface area (Å²) in [5, 5.41) is 18.2.